The predicted molar refractivity (Wildman–Crippen MR) is 106 cm³/mol. The Bertz CT molecular complexity index is 1120. The van der Waals surface area contributed by atoms with Gasteiger partial charge in [0.25, 0.3) is 0 Å². The van der Waals surface area contributed by atoms with Gasteiger partial charge in [-0.3, -0.25) is 14.2 Å². The van der Waals surface area contributed by atoms with E-state index >= 15 is 0 Å². The lowest BCUT2D eigenvalue weighted by molar-refractivity contribution is -0.143. The van der Waals surface area contributed by atoms with Crippen LogP contribution < -0.4 is 5.76 Å². The molecule has 28 heavy (non-hydrogen) atoms. The van der Waals surface area contributed by atoms with Crippen LogP contribution in [0.3, 0.4) is 0 Å². The molecule has 0 amide bonds. The predicted octanol–water partition coefficient (Wildman–Crippen LogP) is 3.56. The summed E-state index contributed by atoms with van der Waals surface area (Å²) >= 11 is 0. The third kappa shape index (κ3) is 3.38. The molecular formula is C22H23NO5. The molecule has 3 rings (SSSR count). The van der Waals surface area contributed by atoms with Crippen LogP contribution in [-0.2, 0) is 16.1 Å². The van der Waals surface area contributed by atoms with Gasteiger partial charge in [0, 0.05) is 5.56 Å². The van der Waals surface area contributed by atoms with Crippen molar-refractivity contribution in [2.45, 2.75) is 41.2 Å². The van der Waals surface area contributed by atoms with Gasteiger partial charge in [-0.05, 0) is 74.6 Å². The van der Waals surface area contributed by atoms with Crippen molar-refractivity contribution in [3.63, 3.8) is 0 Å². The van der Waals surface area contributed by atoms with Crippen LogP contribution in [0.25, 0.3) is 11.1 Å². The molecule has 0 fully saturated rings. The van der Waals surface area contributed by atoms with Crippen molar-refractivity contribution in [3.05, 3.63) is 68.2 Å². The average molecular weight is 381 g/mol. The van der Waals surface area contributed by atoms with Gasteiger partial charge in [-0.1, -0.05) is 12.1 Å². The minimum atomic E-state index is -0.669. The van der Waals surface area contributed by atoms with Gasteiger partial charge >= 0.3 is 11.7 Å². The van der Waals surface area contributed by atoms with Crippen LogP contribution in [0.4, 0.5) is 0 Å². The maximum Gasteiger partial charge on any atom is 0.420 e. The van der Waals surface area contributed by atoms with Crippen molar-refractivity contribution >= 4 is 22.9 Å². The summed E-state index contributed by atoms with van der Waals surface area (Å²) in [6.07, 6.45) is 0. The molecule has 0 unspecified atom stereocenters. The fourth-order valence-corrected chi connectivity index (χ4v) is 3.47. The number of aromatic nitrogens is 1. The number of benzene rings is 2. The summed E-state index contributed by atoms with van der Waals surface area (Å²) < 4.78 is 11.5. The Kier molecular flexibility index (Phi) is 5.23. The van der Waals surface area contributed by atoms with Crippen LogP contribution >= 0.6 is 0 Å². The van der Waals surface area contributed by atoms with Gasteiger partial charge in [-0.2, -0.15) is 0 Å². The van der Waals surface area contributed by atoms with E-state index in [0.717, 1.165) is 27.8 Å². The number of Topliss-reactive ketones (excluding diaryl/α,β-unsaturated/α-hetero) is 1. The lowest BCUT2D eigenvalue weighted by Crippen LogP contribution is -2.24. The lowest BCUT2D eigenvalue weighted by Gasteiger charge is -2.17. The van der Waals surface area contributed by atoms with Crippen molar-refractivity contribution in [3.8, 4) is 0 Å². The highest BCUT2D eigenvalue weighted by atomic mass is 16.5. The fraction of sp³-hybridized carbons (Fsp3) is 0.318. The number of ketones is 1. The molecule has 0 aliphatic rings. The minimum Gasteiger partial charge on any atom is -0.456 e. The van der Waals surface area contributed by atoms with Crippen LogP contribution in [0.2, 0.25) is 0 Å². The van der Waals surface area contributed by atoms with Crippen molar-refractivity contribution in [2.24, 2.45) is 0 Å². The van der Waals surface area contributed by atoms with Crippen molar-refractivity contribution in [1.82, 2.24) is 4.57 Å². The highest BCUT2D eigenvalue weighted by Crippen LogP contribution is 2.26. The number of hydrogen-bond donors (Lipinski definition) is 0. The molecule has 1 aromatic heterocycles. The summed E-state index contributed by atoms with van der Waals surface area (Å²) in [7, 11) is 0. The van der Waals surface area contributed by atoms with Gasteiger partial charge in [-0.15, -0.1) is 0 Å². The van der Waals surface area contributed by atoms with E-state index in [1.165, 1.54) is 4.57 Å². The van der Waals surface area contributed by atoms with Crippen LogP contribution in [-0.4, -0.2) is 22.9 Å². The topological polar surface area (TPSA) is 78.5 Å². The van der Waals surface area contributed by atoms with Gasteiger partial charge in [0.05, 0.1) is 5.52 Å². The number of nitrogens with zero attached hydrogens (tertiary/aromatic N) is 1. The smallest absolute Gasteiger partial charge is 0.420 e. The highest BCUT2D eigenvalue weighted by molar-refractivity contribution is 6.01. The lowest BCUT2D eigenvalue weighted by atomic mass is 9.88. The Hall–Kier alpha value is -3.15. The van der Waals surface area contributed by atoms with Crippen LogP contribution in [0.1, 0.15) is 38.2 Å². The van der Waals surface area contributed by atoms with Crippen LogP contribution in [0.15, 0.2) is 33.5 Å². The first-order valence-corrected chi connectivity index (χ1v) is 9.06. The molecule has 0 bridgehead atoms. The molecule has 2 aromatic carbocycles. The summed E-state index contributed by atoms with van der Waals surface area (Å²) in [4.78, 5) is 36.9. The van der Waals surface area contributed by atoms with Gasteiger partial charge in [-0.25, -0.2) is 4.79 Å². The third-order valence-corrected chi connectivity index (χ3v) is 5.50. The van der Waals surface area contributed by atoms with Gasteiger partial charge in [0.1, 0.15) is 6.54 Å². The summed E-state index contributed by atoms with van der Waals surface area (Å²) in [6, 6.07) is 6.82. The van der Waals surface area contributed by atoms with Crippen molar-refractivity contribution < 1.29 is 18.7 Å². The largest absolute Gasteiger partial charge is 0.456 e. The van der Waals surface area contributed by atoms with E-state index in [4.69, 9.17) is 9.15 Å². The SMILES string of the molecule is Cc1c(C)c(C)c(C(=O)COC(=O)Cn2c(=O)oc3ccccc32)c(C)c1C. The molecule has 6 heteroatoms. The van der Waals surface area contributed by atoms with Gasteiger partial charge in [0.15, 0.2) is 12.2 Å². The third-order valence-electron chi connectivity index (χ3n) is 5.50. The normalized spacial score (nSPS) is 11.0. The Morgan fingerprint density at radius 1 is 0.929 bits per heavy atom. The quantitative estimate of drug-likeness (QED) is 0.499. The fourth-order valence-electron chi connectivity index (χ4n) is 3.47. The Morgan fingerprint density at radius 2 is 1.50 bits per heavy atom. The summed E-state index contributed by atoms with van der Waals surface area (Å²) in [5, 5.41) is 0. The number of carbonyl (C=O) groups excluding carboxylic acids is 2. The monoisotopic (exact) mass is 381 g/mol. The van der Waals surface area contributed by atoms with E-state index in [9.17, 15) is 14.4 Å². The second-order valence-corrected chi connectivity index (χ2v) is 7.01. The molecule has 0 radical (unpaired) electrons. The first-order valence-electron chi connectivity index (χ1n) is 9.06. The molecule has 0 aliphatic carbocycles. The molecule has 0 aliphatic heterocycles. The summed E-state index contributed by atoms with van der Waals surface area (Å²) in [5.74, 6) is -1.56. The first kappa shape index (κ1) is 19.6. The maximum atomic E-state index is 12.7. The van der Waals surface area contributed by atoms with Gasteiger partial charge in [0.2, 0.25) is 5.78 Å². The number of oxazole rings is 1. The van der Waals surface area contributed by atoms with E-state index in [-0.39, 0.29) is 18.9 Å². The second-order valence-electron chi connectivity index (χ2n) is 7.01. The van der Waals surface area contributed by atoms with Crippen molar-refractivity contribution in [1.29, 1.82) is 0 Å². The number of carbonyl (C=O) groups is 2. The number of hydrogen-bond acceptors (Lipinski definition) is 5. The molecule has 146 valence electrons. The number of esters is 1. The van der Waals surface area contributed by atoms with Crippen LogP contribution in [0, 0.1) is 34.6 Å². The van der Waals surface area contributed by atoms with Crippen LogP contribution in [0.5, 0.6) is 0 Å². The zero-order valence-electron chi connectivity index (χ0n) is 16.7. The average Bonchev–Trinajstić information content (AvgIpc) is 2.98. The van der Waals surface area contributed by atoms with Gasteiger partial charge < -0.3 is 9.15 Å². The van der Waals surface area contributed by atoms with Crippen molar-refractivity contribution in [2.75, 3.05) is 6.61 Å². The molecule has 1 heterocycles. The molecule has 0 atom stereocenters. The summed E-state index contributed by atoms with van der Waals surface area (Å²) in [6.45, 7) is 9.13. The zero-order chi connectivity index (χ0) is 20.6. The number of para-hydroxylation sites is 2. The maximum absolute atomic E-state index is 12.7. The second kappa shape index (κ2) is 7.46. The Balaban J connectivity index is 1.76. The van der Waals surface area contributed by atoms with E-state index in [1.807, 2.05) is 34.6 Å². The molecular weight excluding hydrogens is 358 g/mol. The molecule has 0 saturated carbocycles. The molecule has 0 spiro atoms. The first-order chi connectivity index (χ1) is 13.2. The Morgan fingerprint density at radius 3 is 2.14 bits per heavy atom. The molecule has 6 nitrogen and oxygen atoms in total. The van der Waals surface area contributed by atoms with E-state index < -0.39 is 11.7 Å². The summed E-state index contributed by atoms with van der Waals surface area (Å²) in [5.41, 5.74) is 6.59. The highest BCUT2D eigenvalue weighted by Gasteiger charge is 2.20. The standard InChI is InChI=1S/C22H23NO5/c1-12-13(2)15(4)21(16(5)14(12)3)18(24)11-27-20(25)10-23-17-8-6-7-9-19(17)28-22(23)26/h6-9H,10-11H2,1-5H3. The van der Waals surface area contributed by atoms with E-state index in [2.05, 4.69) is 0 Å². The van der Waals surface area contributed by atoms with E-state index in [1.54, 1.807) is 24.3 Å². The molecule has 0 N–H and O–H groups in total. The number of fused-ring (bicyclic) bond motifs is 1. The Labute approximate surface area is 162 Å². The minimum absolute atomic E-state index is 0.251. The number of rotatable bonds is 5. The number of ether oxygens (including phenoxy) is 1. The molecule has 3 aromatic rings. The molecule has 0 saturated heterocycles. The van der Waals surface area contributed by atoms with E-state index in [0.29, 0.717) is 16.7 Å². The zero-order valence-corrected chi connectivity index (χ0v) is 16.7.